The molecule has 1 amide bonds. The quantitative estimate of drug-likeness (QED) is 0.875. The van der Waals surface area contributed by atoms with E-state index in [4.69, 9.17) is 4.74 Å². The zero-order valence-electron chi connectivity index (χ0n) is 9.87. The molecule has 17 heavy (non-hydrogen) atoms. The number of halogens is 1. The molecule has 1 aromatic rings. The molecule has 0 saturated heterocycles. The van der Waals surface area contributed by atoms with Crippen LogP contribution in [0.1, 0.15) is 25.0 Å². The lowest BCUT2D eigenvalue weighted by molar-refractivity contribution is -0.121. The van der Waals surface area contributed by atoms with E-state index in [0.717, 1.165) is 4.47 Å². The van der Waals surface area contributed by atoms with Crippen LogP contribution >= 0.6 is 15.9 Å². The van der Waals surface area contributed by atoms with Crippen LogP contribution in [0.2, 0.25) is 0 Å². The lowest BCUT2D eigenvalue weighted by Crippen LogP contribution is -2.20. The Labute approximate surface area is 109 Å². The van der Waals surface area contributed by atoms with Gasteiger partial charge in [-0.2, -0.15) is 0 Å². The number of carbonyl (C=O) groups excluding carboxylic acids is 1. The maximum absolute atomic E-state index is 11.0. The molecule has 0 heterocycles. The van der Waals surface area contributed by atoms with Crippen LogP contribution in [0.5, 0.6) is 5.75 Å². The van der Waals surface area contributed by atoms with Crippen molar-refractivity contribution < 1.29 is 14.6 Å². The standard InChI is InChI=1S/C12H16BrNO3/c1-8(15)10-7-9(13)3-4-11(10)17-6-5-12(16)14-2/h3-4,7-8,15H,5-6H2,1-2H3,(H,14,16)/t8-/m1/s1. The Morgan fingerprint density at radius 1 is 1.59 bits per heavy atom. The fourth-order valence-electron chi connectivity index (χ4n) is 1.36. The summed E-state index contributed by atoms with van der Waals surface area (Å²) in [5.41, 5.74) is 0.705. The first kappa shape index (κ1) is 14.0. The smallest absolute Gasteiger partial charge is 0.223 e. The molecule has 0 saturated carbocycles. The Kier molecular flexibility index (Phi) is 5.44. The number of benzene rings is 1. The molecule has 5 heteroatoms. The Bertz CT molecular complexity index is 393. The monoisotopic (exact) mass is 301 g/mol. The van der Waals surface area contributed by atoms with Crippen LogP contribution < -0.4 is 10.1 Å². The highest BCUT2D eigenvalue weighted by molar-refractivity contribution is 9.10. The van der Waals surface area contributed by atoms with Gasteiger partial charge in [0.1, 0.15) is 5.75 Å². The summed E-state index contributed by atoms with van der Waals surface area (Å²) in [5.74, 6) is 0.535. The summed E-state index contributed by atoms with van der Waals surface area (Å²) in [6.45, 7) is 1.97. The zero-order valence-corrected chi connectivity index (χ0v) is 11.5. The van der Waals surface area contributed by atoms with Crippen LogP contribution in [0.3, 0.4) is 0 Å². The summed E-state index contributed by atoms with van der Waals surface area (Å²) >= 11 is 3.34. The molecule has 94 valence electrons. The van der Waals surface area contributed by atoms with Crippen molar-refractivity contribution in [2.75, 3.05) is 13.7 Å². The number of aliphatic hydroxyl groups is 1. The molecule has 0 aliphatic heterocycles. The van der Waals surface area contributed by atoms with Gasteiger partial charge in [0.2, 0.25) is 5.91 Å². The summed E-state index contributed by atoms with van der Waals surface area (Å²) in [5, 5.41) is 12.1. The van der Waals surface area contributed by atoms with Gasteiger partial charge in [-0.15, -0.1) is 0 Å². The van der Waals surface area contributed by atoms with Gasteiger partial charge in [-0.25, -0.2) is 0 Å². The van der Waals surface area contributed by atoms with E-state index in [9.17, 15) is 9.90 Å². The lowest BCUT2D eigenvalue weighted by Gasteiger charge is -2.13. The molecule has 1 aromatic carbocycles. The van der Waals surface area contributed by atoms with Crippen LogP contribution in [-0.4, -0.2) is 24.7 Å². The Hall–Kier alpha value is -1.07. The van der Waals surface area contributed by atoms with E-state index < -0.39 is 6.10 Å². The number of carbonyl (C=O) groups is 1. The van der Waals surface area contributed by atoms with Crippen molar-refractivity contribution in [2.24, 2.45) is 0 Å². The third-order valence-electron chi connectivity index (χ3n) is 2.29. The van der Waals surface area contributed by atoms with E-state index in [1.165, 1.54) is 0 Å². The maximum Gasteiger partial charge on any atom is 0.223 e. The van der Waals surface area contributed by atoms with Crippen molar-refractivity contribution in [3.8, 4) is 5.75 Å². The molecule has 1 atom stereocenters. The number of hydrogen-bond donors (Lipinski definition) is 2. The molecule has 0 aromatic heterocycles. The summed E-state index contributed by atoms with van der Waals surface area (Å²) in [7, 11) is 1.59. The molecule has 0 fully saturated rings. The zero-order chi connectivity index (χ0) is 12.8. The fourth-order valence-corrected chi connectivity index (χ4v) is 1.73. The molecule has 0 bridgehead atoms. The van der Waals surface area contributed by atoms with Gasteiger partial charge in [0.15, 0.2) is 0 Å². The predicted octanol–water partition coefficient (Wildman–Crippen LogP) is 2.02. The highest BCUT2D eigenvalue weighted by Gasteiger charge is 2.10. The molecular weight excluding hydrogens is 286 g/mol. The molecular formula is C12H16BrNO3. The molecule has 0 aliphatic carbocycles. The van der Waals surface area contributed by atoms with Gasteiger partial charge >= 0.3 is 0 Å². The van der Waals surface area contributed by atoms with Crippen molar-refractivity contribution in [1.29, 1.82) is 0 Å². The number of ether oxygens (including phenoxy) is 1. The Balaban J connectivity index is 2.67. The van der Waals surface area contributed by atoms with E-state index in [1.807, 2.05) is 6.07 Å². The second-order valence-corrected chi connectivity index (χ2v) is 4.55. The largest absolute Gasteiger partial charge is 0.493 e. The minimum atomic E-state index is -0.609. The Morgan fingerprint density at radius 2 is 2.29 bits per heavy atom. The molecule has 0 aliphatic rings. The number of nitrogens with one attached hydrogen (secondary N) is 1. The average Bonchev–Trinajstić information content (AvgIpc) is 2.30. The van der Waals surface area contributed by atoms with Crippen molar-refractivity contribution in [3.63, 3.8) is 0 Å². The number of amides is 1. The molecule has 1 rings (SSSR count). The van der Waals surface area contributed by atoms with Crippen LogP contribution in [0.15, 0.2) is 22.7 Å². The average molecular weight is 302 g/mol. The second kappa shape index (κ2) is 6.61. The van der Waals surface area contributed by atoms with Gasteiger partial charge in [0.25, 0.3) is 0 Å². The van der Waals surface area contributed by atoms with Gasteiger partial charge in [-0.05, 0) is 25.1 Å². The molecule has 0 radical (unpaired) electrons. The third-order valence-corrected chi connectivity index (χ3v) is 2.78. The molecule has 0 unspecified atom stereocenters. The third kappa shape index (κ3) is 4.36. The van der Waals surface area contributed by atoms with E-state index in [0.29, 0.717) is 24.3 Å². The van der Waals surface area contributed by atoms with Crippen LogP contribution in [0.25, 0.3) is 0 Å². The first-order chi connectivity index (χ1) is 8.04. The normalized spacial score (nSPS) is 12.0. The van der Waals surface area contributed by atoms with E-state index in [2.05, 4.69) is 21.2 Å². The first-order valence-electron chi connectivity index (χ1n) is 5.35. The number of hydrogen-bond acceptors (Lipinski definition) is 3. The van der Waals surface area contributed by atoms with Crippen molar-refractivity contribution in [1.82, 2.24) is 5.32 Å². The van der Waals surface area contributed by atoms with Gasteiger partial charge in [-0.3, -0.25) is 4.79 Å². The van der Waals surface area contributed by atoms with Crippen molar-refractivity contribution in [3.05, 3.63) is 28.2 Å². The first-order valence-corrected chi connectivity index (χ1v) is 6.14. The predicted molar refractivity (Wildman–Crippen MR) is 69.0 cm³/mol. The van der Waals surface area contributed by atoms with E-state index in [1.54, 1.807) is 26.1 Å². The minimum Gasteiger partial charge on any atom is -0.493 e. The lowest BCUT2D eigenvalue weighted by atomic mass is 10.1. The molecule has 4 nitrogen and oxygen atoms in total. The van der Waals surface area contributed by atoms with E-state index in [-0.39, 0.29) is 5.91 Å². The number of aliphatic hydroxyl groups excluding tert-OH is 1. The van der Waals surface area contributed by atoms with Crippen LogP contribution in [0, 0.1) is 0 Å². The summed E-state index contributed by atoms with van der Waals surface area (Å²) < 4.78 is 6.37. The van der Waals surface area contributed by atoms with Crippen molar-refractivity contribution in [2.45, 2.75) is 19.4 Å². The van der Waals surface area contributed by atoms with E-state index >= 15 is 0 Å². The maximum atomic E-state index is 11.0. The van der Waals surface area contributed by atoms with Crippen LogP contribution in [0.4, 0.5) is 0 Å². The van der Waals surface area contributed by atoms with Crippen LogP contribution in [-0.2, 0) is 4.79 Å². The van der Waals surface area contributed by atoms with Gasteiger partial charge in [0.05, 0.1) is 19.1 Å². The summed E-state index contributed by atoms with van der Waals surface area (Å²) in [4.78, 5) is 11.0. The van der Waals surface area contributed by atoms with Crippen molar-refractivity contribution >= 4 is 21.8 Å². The summed E-state index contributed by atoms with van der Waals surface area (Å²) in [6, 6.07) is 5.41. The second-order valence-electron chi connectivity index (χ2n) is 3.63. The van der Waals surface area contributed by atoms with Gasteiger partial charge in [-0.1, -0.05) is 15.9 Å². The molecule has 2 N–H and O–H groups in total. The van der Waals surface area contributed by atoms with Gasteiger partial charge in [0, 0.05) is 17.1 Å². The minimum absolute atomic E-state index is 0.0688. The van der Waals surface area contributed by atoms with Gasteiger partial charge < -0.3 is 15.2 Å². The highest BCUT2D eigenvalue weighted by Crippen LogP contribution is 2.28. The molecule has 0 spiro atoms. The number of rotatable bonds is 5. The topological polar surface area (TPSA) is 58.6 Å². The highest BCUT2D eigenvalue weighted by atomic mass is 79.9. The fraction of sp³-hybridized carbons (Fsp3) is 0.417. The SMILES string of the molecule is CNC(=O)CCOc1ccc(Br)cc1[C@@H](C)O. The Morgan fingerprint density at radius 3 is 2.88 bits per heavy atom. The summed E-state index contributed by atoms with van der Waals surface area (Å²) in [6.07, 6.45) is -0.311.